The Balaban J connectivity index is 1.63. The SMILES string of the molecule is NC(=O)c1ccc(OCC(=O)NCCN2CCNCC2)cc1. The van der Waals surface area contributed by atoms with Crippen molar-refractivity contribution in [1.29, 1.82) is 0 Å². The lowest BCUT2D eigenvalue weighted by molar-refractivity contribution is -0.123. The molecule has 120 valence electrons. The van der Waals surface area contributed by atoms with Crippen LogP contribution < -0.4 is 21.1 Å². The molecule has 22 heavy (non-hydrogen) atoms. The van der Waals surface area contributed by atoms with Gasteiger partial charge in [-0.15, -0.1) is 0 Å². The van der Waals surface area contributed by atoms with Crippen molar-refractivity contribution in [3.63, 3.8) is 0 Å². The third-order valence-electron chi connectivity index (χ3n) is 3.47. The highest BCUT2D eigenvalue weighted by Gasteiger charge is 2.09. The van der Waals surface area contributed by atoms with E-state index in [2.05, 4.69) is 15.5 Å². The minimum absolute atomic E-state index is 0.0442. The van der Waals surface area contributed by atoms with E-state index in [1.165, 1.54) is 0 Å². The van der Waals surface area contributed by atoms with Gasteiger partial charge in [0.2, 0.25) is 5.91 Å². The summed E-state index contributed by atoms with van der Waals surface area (Å²) in [5.74, 6) is -0.117. The zero-order valence-corrected chi connectivity index (χ0v) is 12.5. The highest BCUT2D eigenvalue weighted by molar-refractivity contribution is 5.92. The van der Waals surface area contributed by atoms with Crippen LogP contribution in [0.15, 0.2) is 24.3 Å². The molecule has 2 rings (SSSR count). The van der Waals surface area contributed by atoms with Crippen molar-refractivity contribution in [3.8, 4) is 5.75 Å². The minimum Gasteiger partial charge on any atom is -0.484 e. The smallest absolute Gasteiger partial charge is 0.257 e. The Labute approximate surface area is 129 Å². The average molecular weight is 306 g/mol. The first-order chi connectivity index (χ1) is 10.6. The lowest BCUT2D eigenvalue weighted by Crippen LogP contribution is -2.46. The maximum atomic E-state index is 11.7. The topological polar surface area (TPSA) is 96.7 Å². The average Bonchev–Trinajstić information content (AvgIpc) is 2.54. The molecule has 0 aromatic heterocycles. The summed E-state index contributed by atoms with van der Waals surface area (Å²) in [7, 11) is 0. The van der Waals surface area contributed by atoms with Gasteiger partial charge < -0.3 is 21.1 Å². The number of hydrogen-bond acceptors (Lipinski definition) is 5. The van der Waals surface area contributed by atoms with Crippen molar-refractivity contribution in [2.24, 2.45) is 5.73 Å². The second kappa shape index (κ2) is 8.35. The Morgan fingerprint density at radius 2 is 1.91 bits per heavy atom. The number of hydrogen-bond donors (Lipinski definition) is 3. The number of primary amides is 1. The molecule has 1 saturated heterocycles. The number of carbonyl (C=O) groups is 2. The van der Waals surface area contributed by atoms with E-state index in [1.54, 1.807) is 24.3 Å². The second-order valence-corrected chi connectivity index (χ2v) is 5.12. The van der Waals surface area contributed by atoms with Crippen LogP contribution in [-0.4, -0.2) is 62.6 Å². The van der Waals surface area contributed by atoms with Crippen molar-refractivity contribution in [1.82, 2.24) is 15.5 Å². The van der Waals surface area contributed by atoms with Crippen LogP contribution in [0.4, 0.5) is 0 Å². The van der Waals surface area contributed by atoms with Crippen molar-refractivity contribution < 1.29 is 14.3 Å². The van der Waals surface area contributed by atoms with Gasteiger partial charge in [-0.2, -0.15) is 0 Å². The fraction of sp³-hybridized carbons (Fsp3) is 0.467. The molecule has 0 unspecified atom stereocenters. The number of amides is 2. The summed E-state index contributed by atoms with van der Waals surface area (Å²) < 4.78 is 5.36. The summed E-state index contributed by atoms with van der Waals surface area (Å²) >= 11 is 0. The maximum Gasteiger partial charge on any atom is 0.257 e. The van der Waals surface area contributed by atoms with Crippen LogP contribution in [0, 0.1) is 0 Å². The van der Waals surface area contributed by atoms with Gasteiger partial charge in [-0.05, 0) is 24.3 Å². The molecule has 1 aliphatic rings. The Morgan fingerprint density at radius 3 is 2.55 bits per heavy atom. The zero-order valence-electron chi connectivity index (χ0n) is 12.5. The van der Waals surface area contributed by atoms with Crippen LogP contribution in [0.1, 0.15) is 10.4 Å². The lowest BCUT2D eigenvalue weighted by Gasteiger charge is -2.27. The highest BCUT2D eigenvalue weighted by Crippen LogP contribution is 2.11. The van der Waals surface area contributed by atoms with Gasteiger partial charge in [0.05, 0.1) is 0 Å². The number of benzene rings is 1. The molecule has 0 bridgehead atoms. The fourth-order valence-corrected chi connectivity index (χ4v) is 2.20. The number of ether oxygens (including phenoxy) is 1. The number of carbonyl (C=O) groups excluding carboxylic acids is 2. The molecule has 1 aromatic rings. The molecule has 0 atom stereocenters. The van der Waals surface area contributed by atoms with Gasteiger partial charge in [0.15, 0.2) is 6.61 Å². The van der Waals surface area contributed by atoms with Crippen molar-refractivity contribution >= 4 is 11.8 Å². The summed E-state index contributed by atoms with van der Waals surface area (Å²) in [6.45, 7) is 5.44. The van der Waals surface area contributed by atoms with Gasteiger partial charge in [0.25, 0.3) is 5.91 Å². The summed E-state index contributed by atoms with van der Waals surface area (Å²) in [4.78, 5) is 24.9. The lowest BCUT2D eigenvalue weighted by atomic mass is 10.2. The zero-order chi connectivity index (χ0) is 15.8. The standard InChI is InChI=1S/C15H22N4O3/c16-15(21)12-1-3-13(4-2-12)22-11-14(20)18-7-10-19-8-5-17-6-9-19/h1-4,17H,5-11H2,(H2,16,21)(H,18,20). The molecular weight excluding hydrogens is 284 g/mol. The molecule has 4 N–H and O–H groups in total. The summed E-state index contributed by atoms with van der Waals surface area (Å²) in [6.07, 6.45) is 0. The molecule has 0 spiro atoms. The Morgan fingerprint density at radius 1 is 1.23 bits per heavy atom. The number of rotatable bonds is 7. The predicted octanol–water partition coefficient (Wildman–Crippen LogP) is -0.814. The highest BCUT2D eigenvalue weighted by atomic mass is 16.5. The molecule has 1 heterocycles. The Hall–Kier alpha value is -2.12. The third-order valence-corrected chi connectivity index (χ3v) is 3.47. The van der Waals surface area contributed by atoms with Gasteiger partial charge in [0.1, 0.15) is 5.75 Å². The van der Waals surface area contributed by atoms with Crippen LogP contribution >= 0.6 is 0 Å². The monoisotopic (exact) mass is 306 g/mol. The molecule has 1 fully saturated rings. The minimum atomic E-state index is -0.489. The maximum absolute atomic E-state index is 11.7. The molecule has 7 nitrogen and oxygen atoms in total. The summed E-state index contributed by atoms with van der Waals surface area (Å²) in [5.41, 5.74) is 5.56. The van der Waals surface area contributed by atoms with E-state index in [0.29, 0.717) is 17.9 Å². The van der Waals surface area contributed by atoms with Crippen LogP contribution in [0.2, 0.25) is 0 Å². The third kappa shape index (κ3) is 5.34. The van der Waals surface area contributed by atoms with Gasteiger partial charge in [-0.1, -0.05) is 0 Å². The molecule has 1 aliphatic heterocycles. The Bertz CT molecular complexity index is 498. The second-order valence-electron chi connectivity index (χ2n) is 5.12. The van der Waals surface area contributed by atoms with E-state index in [4.69, 9.17) is 10.5 Å². The first kappa shape index (κ1) is 16.3. The van der Waals surface area contributed by atoms with Crippen LogP contribution in [-0.2, 0) is 4.79 Å². The van der Waals surface area contributed by atoms with Crippen molar-refractivity contribution in [3.05, 3.63) is 29.8 Å². The number of nitrogens with two attached hydrogens (primary N) is 1. The Kier molecular flexibility index (Phi) is 6.17. The van der Waals surface area contributed by atoms with Gasteiger partial charge in [0, 0.05) is 44.8 Å². The number of piperazine rings is 1. The molecule has 0 aliphatic carbocycles. The van der Waals surface area contributed by atoms with Gasteiger partial charge in [-0.3, -0.25) is 14.5 Å². The van der Waals surface area contributed by atoms with Gasteiger partial charge in [-0.25, -0.2) is 0 Å². The van der Waals surface area contributed by atoms with Crippen LogP contribution in [0.3, 0.4) is 0 Å². The van der Waals surface area contributed by atoms with Crippen molar-refractivity contribution in [2.75, 3.05) is 45.9 Å². The quantitative estimate of drug-likeness (QED) is 0.612. The molecule has 0 saturated carbocycles. The summed E-state index contributed by atoms with van der Waals surface area (Å²) in [5, 5.41) is 6.12. The van der Waals surface area contributed by atoms with Crippen molar-refractivity contribution in [2.45, 2.75) is 0 Å². The normalized spacial score (nSPS) is 15.3. The predicted molar refractivity (Wildman–Crippen MR) is 82.8 cm³/mol. The molecular formula is C15H22N4O3. The summed E-state index contributed by atoms with van der Waals surface area (Å²) in [6, 6.07) is 6.38. The van der Waals surface area contributed by atoms with E-state index in [0.717, 1.165) is 32.7 Å². The number of nitrogens with one attached hydrogen (secondary N) is 2. The van der Waals surface area contributed by atoms with E-state index in [-0.39, 0.29) is 12.5 Å². The largest absolute Gasteiger partial charge is 0.484 e. The number of nitrogens with zero attached hydrogens (tertiary/aromatic N) is 1. The van der Waals surface area contributed by atoms with E-state index in [1.807, 2.05) is 0 Å². The fourth-order valence-electron chi connectivity index (χ4n) is 2.20. The first-order valence-corrected chi connectivity index (χ1v) is 7.37. The van der Waals surface area contributed by atoms with Crippen LogP contribution in [0.25, 0.3) is 0 Å². The van der Waals surface area contributed by atoms with E-state index < -0.39 is 5.91 Å². The molecule has 1 aromatic carbocycles. The van der Waals surface area contributed by atoms with Gasteiger partial charge >= 0.3 is 0 Å². The first-order valence-electron chi connectivity index (χ1n) is 7.37. The van der Waals surface area contributed by atoms with Crippen LogP contribution in [0.5, 0.6) is 5.75 Å². The van der Waals surface area contributed by atoms with E-state index >= 15 is 0 Å². The molecule has 2 amide bonds. The van der Waals surface area contributed by atoms with E-state index in [9.17, 15) is 9.59 Å². The molecule has 0 radical (unpaired) electrons. The molecule has 7 heteroatoms.